The van der Waals surface area contributed by atoms with E-state index in [0.717, 1.165) is 17.9 Å². The van der Waals surface area contributed by atoms with Gasteiger partial charge >= 0.3 is 0 Å². The highest BCUT2D eigenvalue weighted by molar-refractivity contribution is 5.93. The zero-order valence-corrected chi connectivity index (χ0v) is 16.3. The number of pyridine rings is 1. The summed E-state index contributed by atoms with van der Waals surface area (Å²) in [4.78, 5) is 18.4. The van der Waals surface area contributed by atoms with E-state index < -0.39 is 0 Å². The fraction of sp³-hybridized carbons (Fsp3) is 0.368. The maximum atomic E-state index is 12.2. The lowest BCUT2D eigenvalue weighted by Gasteiger charge is -2.15. The van der Waals surface area contributed by atoms with Crippen LogP contribution in [-0.2, 0) is 0 Å². The first kappa shape index (κ1) is 20.3. The SMILES string of the molecule is COc1cc(Nc2ccnc(C(=O)NCCN(C)C)c2)cc(OC)c1OC. The van der Waals surface area contributed by atoms with Crippen molar-refractivity contribution in [2.24, 2.45) is 0 Å². The summed E-state index contributed by atoms with van der Waals surface area (Å²) < 4.78 is 16.0. The monoisotopic (exact) mass is 374 g/mol. The van der Waals surface area contributed by atoms with Gasteiger partial charge in [-0.2, -0.15) is 0 Å². The van der Waals surface area contributed by atoms with Crippen molar-refractivity contribution in [3.8, 4) is 17.2 Å². The smallest absolute Gasteiger partial charge is 0.269 e. The molecule has 0 aliphatic rings. The predicted molar refractivity (Wildman–Crippen MR) is 105 cm³/mol. The molecule has 0 radical (unpaired) electrons. The van der Waals surface area contributed by atoms with Crippen molar-refractivity contribution in [1.29, 1.82) is 0 Å². The summed E-state index contributed by atoms with van der Waals surface area (Å²) in [6, 6.07) is 7.05. The molecule has 2 N–H and O–H groups in total. The average Bonchev–Trinajstić information content (AvgIpc) is 2.66. The minimum atomic E-state index is -0.217. The molecule has 0 atom stereocenters. The van der Waals surface area contributed by atoms with Gasteiger partial charge in [0.2, 0.25) is 5.75 Å². The molecule has 0 saturated heterocycles. The molecule has 2 aromatic rings. The van der Waals surface area contributed by atoms with Crippen LogP contribution in [0.1, 0.15) is 10.5 Å². The van der Waals surface area contributed by atoms with Crippen molar-refractivity contribution in [2.45, 2.75) is 0 Å². The number of aromatic nitrogens is 1. The number of hydrogen-bond donors (Lipinski definition) is 2. The minimum absolute atomic E-state index is 0.217. The number of ether oxygens (including phenoxy) is 3. The van der Waals surface area contributed by atoms with Gasteiger partial charge in [-0.25, -0.2) is 0 Å². The molecule has 0 aliphatic heterocycles. The second-order valence-corrected chi connectivity index (χ2v) is 6.03. The summed E-state index contributed by atoms with van der Waals surface area (Å²) in [5, 5.41) is 6.08. The Morgan fingerprint density at radius 2 is 1.70 bits per heavy atom. The Kier molecular flexibility index (Phi) is 7.25. The van der Waals surface area contributed by atoms with Crippen molar-refractivity contribution in [2.75, 3.05) is 53.8 Å². The second kappa shape index (κ2) is 9.63. The van der Waals surface area contributed by atoms with Gasteiger partial charge in [-0.1, -0.05) is 0 Å². The number of anilines is 2. The number of benzene rings is 1. The third-order valence-electron chi connectivity index (χ3n) is 3.79. The Labute approximate surface area is 159 Å². The van der Waals surface area contributed by atoms with Crippen LogP contribution in [0.25, 0.3) is 0 Å². The van der Waals surface area contributed by atoms with Gasteiger partial charge in [-0.15, -0.1) is 0 Å². The minimum Gasteiger partial charge on any atom is -0.493 e. The number of amides is 1. The standard InChI is InChI=1S/C19H26N4O4/c1-23(2)9-8-21-19(24)15-10-13(6-7-20-15)22-14-11-16(25-3)18(27-5)17(12-14)26-4/h6-7,10-12H,8-9H2,1-5H3,(H,20,22)(H,21,24). The summed E-state index contributed by atoms with van der Waals surface area (Å²) >= 11 is 0. The molecule has 1 aromatic heterocycles. The highest BCUT2D eigenvalue weighted by Crippen LogP contribution is 2.40. The van der Waals surface area contributed by atoms with Crippen molar-refractivity contribution < 1.29 is 19.0 Å². The molecule has 1 aromatic carbocycles. The molecular weight excluding hydrogens is 348 g/mol. The van der Waals surface area contributed by atoms with Crippen LogP contribution >= 0.6 is 0 Å². The van der Waals surface area contributed by atoms with Crippen molar-refractivity contribution in [3.63, 3.8) is 0 Å². The predicted octanol–water partition coefficient (Wildman–Crippen LogP) is 2.14. The zero-order chi connectivity index (χ0) is 19.8. The van der Waals surface area contributed by atoms with Gasteiger partial charge < -0.3 is 29.7 Å². The summed E-state index contributed by atoms with van der Waals surface area (Å²) in [5.41, 5.74) is 1.79. The largest absolute Gasteiger partial charge is 0.493 e. The summed E-state index contributed by atoms with van der Waals surface area (Å²) in [6.45, 7) is 1.31. The quantitative estimate of drug-likeness (QED) is 0.696. The first-order chi connectivity index (χ1) is 13.0. The number of likely N-dealkylation sites (N-methyl/N-ethyl adjacent to an activating group) is 1. The number of carbonyl (C=O) groups is 1. The van der Waals surface area contributed by atoms with Crippen molar-refractivity contribution >= 4 is 17.3 Å². The van der Waals surface area contributed by atoms with E-state index in [1.54, 1.807) is 51.8 Å². The van der Waals surface area contributed by atoms with Gasteiger partial charge in [0.1, 0.15) is 5.69 Å². The van der Waals surface area contributed by atoms with Crippen LogP contribution in [0.5, 0.6) is 17.2 Å². The zero-order valence-electron chi connectivity index (χ0n) is 16.3. The fourth-order valence-corrected chi connectivity index (χ4v) is 2.44. The van der Waals surface area contributed by atoms with Gasteiger partial charge in [-0.3, -0.25) is 9.78 Å². The van der Waals surface area contributed by atoms with Crippen LogP contribution in [0.15, 0.2) is 30.5 Å². The van der Waals surface area contributed by atoms with Crippen LogP contribution in [-0.4, -0.2) is 64.3 Å². The summed E-state index contributed by atoms with van der Waals surface area (Å²) in [6.07, 6.45) is 1.58. The van der Waals surface area contributed by atoms with E-state index >= 15 is 0 Å². The summed E-state index contributed by atoms with van der Waals surface area (Å²) in [5.74, 6) is 1.37. The number of nitrogens with zero attached hydrogens (tertiary/aromatic N) is 2. The molecule has 0 aliphatic carbocycles. The van der Waals surface area contributed by atoms with Crippen LogP contribution in [0.4, 0.5) is 11.4 Å². The Hall–Kier alpha value is -3.00. The van der Waals surface area contributed by atoms with E-state index in [0.29, 0.717) is 29.5 Å². The first-order valence-electron chi connectivity index (χ1n) is 8.44. The fourth-order valence-electron chi connectivity index (χ4n) is 2.44. The van der Waals surface area contributed by atoms with Gasteiger partial charge in [0.05, 0.1) is 21.3 Å². The van der Waals surface area contributed by atoms with Crippen LogP contribution < -0.4 is 24.8 Å². The molecule has 0 unspecified atom stereocenters. The molecule has 8 heteroatoms. The molecule has 1 heterocycles. The number of carbonyl (C=O) groups excluding carboxylic acids is 1. The molecule has 2 rings (SSSR count). The van der Waals surface area contributed by atoms with E-state index in [9.17, 15) is 4.79 Å². The van der Waals surface area contributed by atoms with Gasteiger partial charge in [0.15, 0.2) is 11.5 Å². The number of hydrogen-bond acceptors (Lipinski definition) is 7. The molecular formula is C19H26N4O4. The Morgan fingerprint density at radius 1 is 1.04 bits per heavy atom. The molecule has 1 amide bonds. The number of nitrogens with one attached hydrogen (secondary N) is 2. The van der Waals surface area contributed by atoms with E-state index in [-0.39, 0.29) is 5.91 Å². The lowest BCUT2D eigenvalue weighted by atomic mass is 10.2. The van der Waals surface area contributed by atoms with E-state index in [1.165, 1.54) is 0 Å². The van der Waals surface area contributed by atoms with Crippen LogP contribution in [0.3, 0.4) is 0 Å². The third kappa shape index (κ3) is 5.49. The maximum Gasteiger partial charge on any atom is 0.269 e. The maximum absolute atomic E-state index is 12.2. The molecule has 146 valence electrons. The summed E-state index contributed by atoms with van der Waals surface area (Å²) in [7, 11) is 8.57. The Bertz CT molecular complexity index is 755. The van der Waals surface area contributed by atoms with Gasteiger partial charge in [0.25, 0.3) is 5.91 Å². The average molecular weight is 374 g/mol. The molecule has 27 heavy (non-hydrogen) atoms. The van der Waals surface area contributed by atoms with E-state index in [4.69, 9.17) is 14.2 Å². The molecule has 0 spiro atoms. The molecule has 8 nitrogen and oxygen atoms in total. The van der Waals surface area contributed by atoms with E-state index in [1.807, 2.05) is 19.0 Å². The third-order valence-corrected chi connectivity index (χ3v) is 3.79. The van der Waals surface area contributed by atoms with Gasteiger partial charge in [0, 0.05) is 42.8 Å². The molecule has 0 saturated carbocycles. The highest BCUT2D eigenvalue weighted by atomic mass is 16.5. The highest BCUT2D eigenvalue weighted by Gasteiger charge is 2.14. The van der Waals surface area contributed by atoms with Crippen LogP contribution in [0.2, 0.25) is 0 Å². The number of rotatable bonds is 9. The molecule has 0 fully saturated rings. The lowest BCUT2D eigenvalue weighted by Crippen LogP contribution is -2.31. The topological polar surface area (TPSA) is 85.0 Å². The lowest BCUT2D eigenvalue weighted by molar-refractivity contribution is 0.0946. The van der Waals surface area contributed by atoms with Crippen molar-refractivity contribution in [1.82, 2.24) is 15.2 Å². The van der Waals surface area contributed by atoms with E-state index in [2.05, 4.69) is 15.6 Å². The Balaban J connectivity index is 2.17. The number of methoxy groups -OCH3 is 3. The first-order valence-corrected chi connectivity index (χ1v) is 8.44. The van der Waals surface area contributed by atoms with Crippen molar-refractivity contribution in [3.05, 3.63) is 36.2 Å². The normalized spacial score (nSPS) is 10.4. The second-order valence-electron chi connectivity index (χ2n) is 6.03. The Morgan fingerprint density at radius 3 is 2.26 bits per heavy atom. The van der Waals surface area contributed by atoms with Gasteiger partial charge in [-0.05, 0) is 26.2 Å². The molecule has 0 bridgehead atoms. The van der Waals surface area contributed by atoms with Crippen LogP contribution in [0, 0.1) is 0 Å².